The summed E-state index contributed by atoms with van der Waals surface area (Å²) in [7, 11) is 0. The van der Waals surface area contributed by atoms with E-state index in [1.54, 1.807) is 20.8 Å². The smallest absolute Gasteiger partial charge is 0.328 e. The lowest BCUT2D eigenvalue weighted by atomic mass is 9.87. The maximum atomic E-state index is 11.4. The average molecular weight is 170 g/mol. The summed E-state index contributed by atoms with van der Waals surface area (Å²) in [6.07, 6.45) is 0.938. The number of ketones is 1. The van der Waals surface area contributed by atoms with Gasteiger partial charge in [0.1, 0.15) is 0 Å². The molecule has 0 amide bonds. The summed E-state index contributed by atoms with van der Waals surface area (Å²) in [5.41, 5.74) is -0.217. The fraction of sp³-hybridized carbons (Fsp3) is 0.556. The number of Topliss-reactive ketones (excluding diaryl/α,β-unsaturated/α-hetero) is 1. The van der Waals surface area contributed by atoms with Crippen molar-refractivity contribution in [2.75, 3.05) is 0 Å². The fourth-order valence-corrected chi connectivity index (χ4v) is 0.842. The normalized spacial score (nSPS) is 12.8. The summed E-state index contributed by atoms with van der Waals surface area (Å²) >= 11 is 0. The highest BCUT2D eigenvalue weighted by Crippen LogP contribution is 2.19. The van der Waals surface area contributed by atoms with Crippen LogP contribution >= 0.6 is 0 Å². The van der Waals surface area contributed by atoms with Gasteiger partial charge in [-0.05, 0) is 12.5 Å². The molecule has 0 unspecified atom stereocenters. The molecule has 0 spiro atoms. The molecule has 0 aromatic rings. The van der Waals surface area contributed by atoms with E-state index in [0.29, 0.717) is 0 Å². The maximum absolute atomic E-state index is 11.4. The first kappa shape index (κ1) is 10.9. The minimum Gasteiger partial charge on any atom is -0.478 e. The van der Waals surface area contributed by atoms with Crippen LogP contribution in [0.15, 0.2) is 11.6 Å². The molecule has 0 aliphatic heterocycles. The molecule has 0 heterocycles. The molecule has 0 radical (unpaired) electrons. The van der Waals surface area contributed by atoms with Crippen LogP contribution in [0, 0.1) is 5.41 Å². The topological polar surface area (TPSA) is 54.4 Å². The SMILES string of the molecule is C/C(=C\C(=O)O)C(=O)C(C)(C)C. The van der Waals surface area contributed by atoms with Crippen LogP contribution in [-0.2, 0) is 9.59 Å². The van der Waals surface area contributed by atoms with Gasteiger partial charge in [0.2, 0.25) is 0 Å². The first-order chi connectivity index (χ1) is 5.25. The van der Waals surface area contributed by atoms with E-state index in [2.05, 4.69) is 0 Å². The second-order valence-electron chi connectivity index (χ2n) is 3.74. The Balaban J connectivity index is 4.63. The van der Waals surface area contributed by atoms with Gasteiger partial charge in [-0.1, -0.05) is 20.8 Å². The minimum absolute atomic E-state index is 0.134. The lowest BCUT2D eigenvalue weighted by molar-refractivity contribution is -0.132. The Bertz CT molecular complexity index is 231. The molecule has 3 nitrogen and oxygen atoms in total. The van der Waals surface area contributed by atoms with Crippen molar-refractivity contribution in [3.8, 4) is 0 Å². The van der Waals surface area contributed by atoms with E-state index in [1.165, 1.54) is 6.92 Å². The van der Waals surface area contributed by atoms with Gasteiger partial charge in [-0.25, -0.2) is 4.79 Å². The Morgan fingerprint density at radius 2 is 1.67 bits per heavy atom. The number of carbonyl (C=O) groups excluding carboxylic acids is 1. The standard InChI is InChI=1S/C9H14O3/c1-6(5-7(10)11)8(12)9(2,3)4/h5H,1-4H3,(H,10,11)/b6-5+. The molecule has 1 N–H and O–H groups in total. The lowest BCUT2D eigenvalue weighted by Gasteiger charge is -2.16. The average Bonchev–Trinajstić information content (AvgIpc) is 1.82. The van der Waals surface area contributed by atoms with E-state index >= 15 is 0 Å². The number of hydrogen-bond donors (Lipinski definition) is 1. The number of carbonyl (C=O) groups is 2. The molecule has 0 aliphatic rings. The van der Waals surface area contributed by atoms with Gasteiger partial charge < -0.3 is 5.11 Å². The third-order valence-electron chi connectivity index (χ3n) is 1.38. The molecule has 12 heavy (non-hydrogen) atoms. The van der Waals surface area contributed by atoms with Gasteiger partial charge in [-0.15, -0.1) is 0 Å². The Kier molecular flexibility index (Phi) is 3.19. The van der Waals surface area contributed by atoms with Gasteiger partial charge in [0.15, 0.2) is 5.78 Å². The van der Waals surface area contributed by atoms with Crippen molar-refractivity contribution < 1.29 is 14.7 Å². The molecule has 0 saturated carbocycles. The van der Waals surface area contributed by atoms with Crippen LogP contribution < -0.4 is 0 Å². The van der Waals surface area contributed by atoms with E-state index in [0.717, 1.165) is 6.08 Å². The number of aliphatic carboxylic acids is 1. The van der Waals surface area contributed by atoms with Crippen LogP contribution in [-0.4, -0.2) is 16.9 Å². The summed E-state index contributed by atoms with van der Waals surface area (Å²) in [6, 6.07) is 0. The van der Waals surface area contributed by atoms with Gasteiger partial charge >= 0.3 is 5.97 Å². The monoisotopic (exact) mass is 170 g/mol. The van der Waals surface area contributed by atoms with Crippen LogP contribution in [0.5, 0.6) is 0 Å². The number of rotatable bonds is 2. The number of allylic oxidation sites excluding steroid dienone is 1. The molecule has 0 aromatic carbocycles. The summed E-state index contributed by atoms with van der Waals surface area (Å²) < 4.78 is 0. The van der Waals surface area contributed by atoms with Crippen molar-refractivity contribution in [2.24, 2.45) is 5.41 Å². The predicted molar refractivity (Wildman–Crippen MR) is 45.9 cm³/mol. The van der Waals surface area contributed by atoms with Crippen molar-refractivity contribution in [1.29, 1.82) is 0 Å². The van der Waals surface area contributed by atoms with E-state index in [4.69, 9.17) is 5.11 Å². The minimum atomic E-state index is -1.08. The third kappa shape index (κ3) is 3.32. The molecular formula is C9H14O3. The van der Waals surface area contributed by atoms with Crippen molar-refractivity contribution >= 4 is 11.8 Å². The van der Waals surface area contributed by atoms with Gasteiger partial charge in [-0.2, -0.15) is 0 Å². The van der Waals surface area contributed by atoms with Crippen molar-refractivity contribution in [1.82, 2.24) is 0 Å². The van der Waals surface area contributed by atoms with Crippen LogP contribution in [0.4, 0.5) is 0 Å². The van der Waals surface area contributed by atoms with Crippen LogP contribution in [0.2, 0.25) is 0 Å². The quantitative estimate of drug-likeness (QED) is 0.641. The zero-order valence-electron chi connectivity index (χ0n) is 7.84. The highest BCUT2D eigenvalue weighted by Gasteiger charge is 2.22. The van der Waals surface area contributed by atoms with E-state index in [-0.39, 0.29) is 11.4 Å². The van der Waals surface area contributed by atoms with Crippen LogP contribution in [0.3, 0.4) is 0 Å². The summed E-state index contributed by atoms with van der Waals surface area (Å²) in [6.45, 7) is 6.79. The Labute approximate surface area is 72.1 Å². The van der Waals surface area contributed by atoms with Gasteiger partial charge in [0.25, 0.3) is 0 Å². The van der Waals surface area contributed by atoms with Crippen LogP contribution in [0.25, 0.3) is 0 Å². The van der Waals surface area contributed by atoms with Crippen molar-refractivity contribution in [2.45, 2.75) is 27.7 Å². The third-order valence-corrected chi connectivity index (χ3v) is 1.38. The number of hydrogen-bond acceptors (Lipinski definition) is 2. The second-order valence-corrected chi connectivity index (χ2v) is 3.74. The first-order valence-electron chi connectivity index (χ1n) is 3.71. The molecule has 68 valence electrons. The van der Waals surface area contributed by atoms with E-state index < -0.39 is 11.4 Å². The number of carboxylic acid groups (broad SMARTS) is 1. The van der Waals surface area contributed by atoms with Gasteiger partial charge in [0.05, 0.1) is 0 Å². The summed E-state index contributed by atoms with van der Waals surface area (Å²) in [5.74, 6) is -1.21. The largest absolute Gasteiger partial charge is 0.478 e. The van der Waals surface area contributed by atoms with E-state index in [1.807, 2.05) is 0 Å². The molecule has 0 atom stereocenters. The zero-order valence-corrected chi connectivity index (χ0v) is 7.84. The first-order valence-corrected chi connectivity index (χ1v) is 3.71. The highest BCUT2D eigenvalue weighted by molar-refractivity contribution is 6.02. The molecule has 3 heteroatoms. The fourth-order valence-electron chi connectivity index (χ4n) is 0.842. The molecule has 0 bridgehead atoms. The van der Waals surface area contributed by atoms with E-state index in [9.17, 15) is 9.59 Å². The Hall–Kier alpha value is -1.12. The molecule has 0 rings (SSSR count). The Morgan fingerprint density at radius 3 is 1.92 bits per heavy atom. The van der Waals surface area contributed by atoms with Crippen LogP contribution in [0.1, 0.15) is 27.7 Å². The summed E-state index contributed by atoms with van der Waals surface area (Å²) in [5, 5.41) is 8.37. The Morgan fingerprint density at radius 1 is 1.25 bits per heavy atom. The molecule has 0 aliphatic carbocycles. The maximum Gasteiger partial charge on any atom is 0.328 e. The lowest BCUT2D eigenvalue weighted by Crippen LogP contribution is -2.21. The molecular weight excluding hydrogens is 156 g/mol. The van der Waals surface area contributed by atoms with Gasteiger partial charge in [-0.3, -0.25) is 4.79 Å². The summed E-state index contributed by atoms with van der Waals surface area (Å²) in [4.78, 5) is 21.6. The van der Waals surface area contributed by atoms with Crippen molar-refractivity contribution in [3.63, 3.8) is 0 Å². The number of carboxylic acids is 1. The van der Waals surface area contributed by atoms with Gasteiger partial charge in [0, 0.05) is 11.5 Å². The van der Waals surface area contributed by atoms with Crippen molar-refractivity contribution in [3.05, 3.63) is 11.6 Å². The molecule has 0 fully saturated rings. The highest BCUT2D eigenvalue weighted by atomic mass is 16.4. The predicted octanol–water partition coefficient (Wildman–Crippen LogP) is 1.63. The molecule has 0 aromatic heterocycles. The zero-order chi connectivity index (χ0) is 9.94. The molecule has 0 saturated heterocycles. The second kappa shape index (κ2) is 3.52.